The lowest BCUT2D eigenvalue weighted by Gasteiger charge is -2.29. The third-order valence-corrected chi connectivity index (χ3v) is 7.78. The summed E-state index contributed by atoms with van der Waals surface area (Å²) in [6, 6.07) is 7.44. The molecule has 1 aromatic carbocycles. The lowest BCUT2D eigenvalue weighted by Crippen LogP contribution is -2.52. The van der Waals surface area contributed by atoms with Crippen molar-refractivity contribution in [3.63, 3.8) is 0 Å². The number of anilines is 1. The molecule has 4 amide bonds. The van der Waals surface area contributed by atoms with Crippen LogP contribution in [0.1, 0.15) is 39.2 Å². The molecule has 1 unspecified atom stereocenters. The van der Waals surface area contributed by atoms with Crippen LogP contribution in [-0.2, 0) is 38.8 Å². The van der Waals surface area contributed by atoms with Crippen molar-refractivity contribution >= 4 is 40.7 Å². The van der Waals surface area contributed by atoms with Crippen LogP contribution in [0.4, 0.5) is 5.69 Å². The van der Waals surface area contributed by atoms with E-state index in [-0.39, 0.29) is 30.7 Å². The Hall–Kier alpha value is -3.28. The Morgan fingerprint density at radius 1 is 1.14 bits per heavy atom. The highest BCUT2D eigenvalue weighted by atomic mass is 32.1. The van der Waals surface area contributed by atoms with E-state index in [4.69, 9.17) is 4.74 Å². The number of nitrogens with one attached hydrogen (secondary N) is 3. The van der Waals surface area contributed by atoms with Gasteiger partial charge in [0.1, 0.15) is 6.04 Å². The molecule has 5 rings (SSSR count). The van der Waals surface area contributed by atoms with E-state index >= 15 is 0 Å². The number of nitrogens with zero attached hydrogens (tertiary/aromatic N) is 2. The molecule has 2 aromatic rings. The number of imide groups is 1. The topological polar surface area (TPSA) is 120 Å². The van der Waals surface area contributed by atoms with Crippen LogP contribution in [0.2, 0.25) is 0 Å². The normalized spacial score (nSPS) is 20.3. The van der Waals surface area contributed by atoms with E-state index in [1.807, 2.05) is 12.1 Å². The van der Waals surface area contributed by atoms with Gasteiger partial charge in [-0.2, -0.15) is 0 Å². The first kappa shape index (κ1) is 24.4. The Kier molecular flexibility index (Phi) is 7.30. The van der Waals surface area contributed by atoms with Gasteiger partial charge in [0, 0.05) is 48.5 Å². The molecule has 10 nitrogen and oxygen atoms in total. The number of fused-ring (bicyclic) bond motifs is 1. The van der Waals surface area contributed by atoms with E-state index in [0.717, 1.165) is 49.0 Å². The lowest BCUT2D eigenvalue weighted by molar-refractivity contribution is -0.137. The molecule has 4 heterocycles. The summed E-state index contributed by atoms with van der Waals surface area (Å²) in [5.74, 6) is -1.09. The molecule has 36 heavy (non-hydrogen) atoms. The molecule has 11 heteroatoms. The van der Waals surface area contributed by atoms with Crippen molar-refractivity contribution < 1.29 is 23.9 Å². The Balaban J connectivity index is 1.09. The molecule has 3 aliphatic heterocycles. The molecule has 0 radical (unpaired) electrons. The number of carbonyl (C=O) groups is 4. The summed E-state index contributed by atoms with van der Waals surface area (Å²) in [5.41, 5.74) is 3.51. The summed E-state index contributed by atoms with van der Waals surface area (Å²) in [4.78, 5) is 53.7. The monoisotopic (exact) mass is 511 g/mol. The van der Waals surface area contributed by atoms with Crippen molar-refractivity contribution in [2.24, 2.45) is 0 Å². The molecule has 0 spiro atoms. The van der Waals surface area contributed by atoms with Crippen molar-refractivity contribution in [3.8, 4) is 0 Å². The van der Waals surface area contributed by atoms with Crippen molar-refractivity contribution in [1.29, 1.82) is 0 Å². The summed E-state index contributed by atoms with van der Waals surface area (Å²) >= 11 is 1.43. The van der Waals surface area contributed by atoms with Gasteiger partial charge in [0.2, 0.25) is 17.7 Å². The van der Waals surface area contributed by atoms with Gasteiger partial charge in [-0.05, 0) is 29.7 Å². The zero-order valence-corrected chi connectivity index (χ0v) is 20.7. The molecule has 1 atom stereocenters. The number of benzene rings is 1. The second-order valence-corrected chi connectivity index (χ2v) is 10.1. The maximum Gasteiger partial charge on any atom is 0.256 e. The summed E-state index contributed by atoms with van der Waals surface area (Å²) in [6.07, 6.45) is 0.551. The fourth-order valence-corrected chi connectivity index (χ4v) is 5.70. The Morgan fingerprint density at radius 2 is 1.92 bits per heavy atom. The molecule has 3 N–H and O–H groups in total. The quantitative estimate of drug-likeness (QED) is 0.454. The van der Waals surface area contributed by atoms with Crippen molar-refractivity contribution in [3.05, 3.63) is 51.2 Å². The minimum absolute atomic E-state index is 0.137. The molecular weight excluding hydrogens is 482 g/mol. The molecule has 190 valence electrons. The SMILES string of the molecule is O=C(CNc1ccc(CN2CCOCC2)cc1)NCc1scc2c1CN(C1CCC(=O)NC1=O)C2=O. The van der Waals surface area contributed by atoms with Crippen LogP contribution in [0.25, 0.3) is 0 Å². The molecular formula is C25H29N5O5S. The first-order valence-corrected chi connectivity index (χ1v) is 13.0. The average Bonchev–Trinajstić information content (AvgIpc) is 3.43. The maximum absolute atomic E-state index is 12.8. The lowest BCUT2D eigenvalue weighted by atomic mass is 10.0. The largest absolute Gasteiger partial charge is 0.379 e. The first-order valence-electron chi connectivity index (χ1n) is 12.1. The smallest absolute Gasteiger partial charge is 0.256 e. The number of rotatable bonds is 8. The van der Waals surface area contributed by atoms with Gasteiger partial charge in [0.05, 0.1) is 31.9 Å². The van der Waals surface area contributed by atoms with E-state index in [0.29, 0.717) is 25.1 Å². The summed E-state index contributed by atoms with van der Waals surface area (Å²) in [7, 11) is 0. The van der Waals surface area contributed by atoms with Crippen LogP contribution in [0.15, 0.2) is 29.6 Å². The van der Waals surface area contributed by atoms with Crippen LogP contribution in [0.5, 0.6) is 0 Å². The zero-order valence-electron chi connectivity index (χ0n) is 19.9. The molecule has 1 aromatic heterocycles. The van der Waals surface area contributed by atoms with Crippen LogP contribution >= 0.6 is 11.3 Å². The predicted molar refractivity (Wildman–Crippen MR) is 133 cm³/mol. The third-order valence-electron chi connectivity index (χ3n) is 6.75. The summed E-state index contributed by atoms with van der Waals surface area (Å²) in [6.45, 7) is 5.08. The van der Waals surface area contributed by atoms with Crippen LogP contribution in [-0.4, -0.2) is 72.3 Å². The van der Waals surface area contributed by atoms with Crippen molar-refractivity contribution in [1.82, 2.24) is 20.4 Å². The number of morpholine rings is 1. The number of carbonyl (C=O) groups excluding carboxylic acids is 4. The molecule has 0 bridgehead atoms. The molecule has 2 fully saturated rings. The van der Waals surface area contributed by atoms with Gasteiger partial charge in [-0.25, -0.2) is 0 Å². The molecule has 2 saturated heterocycles. The predicted octanol–water partition coefficient (Wildman–Crippen LogP) is 1.07. The van der Waals surface area contributed by atoms with Gasteiger partial charge in [-0.1, -0.05) is 12.1 Å². The van der Waals surface area contributed by atoms with E-state index in [9.17, 15) is 19.2 Å². The van der Waals surface area contributed by atoms with Gasteiger partial charge >= 0.3 is 0 Å². The minimum Gasteiger partial charge on any atom is -0.379 e. The highest BCUT2D eigenvalue weighted by molar-refractivity contribution is 7.10. The Labute approximate surface area is 213 Å². The zero-order chi connectivity index (χ0) is 25.1. The van der Waals surface area contributed by atoms with Gasteiger partial charge in [0.15, 0.2) is 0 Å². The molecule has 0 saturated carbocycles. The fraction of sp³-hybridized carbons (Fsp3) is 0.440. The van der Waals surface area contributed by atoms with Crippen LogP contribution < -0.4 is 16.0 Å². The first-order chi connectivity index (χ1) is 17.5. The Morgan fingerprint density at radius 3 is 2.67 bits per heavy atom. The fourth-order valence-electron chi connectivity index (χ4n) is 4.72. The molecule has 3 aliphatic rings. The number of amides is 4. The van der Waals surface area contributed by atoms with E-state index in [2.05, 4.69) is 33.0 Å². The number of hydrogen-bond donors (Lipinski definition) is 3. The highest BCUT2D eigenvalue weighted by Gasteiger charge is 2.40. The second kappa shape index (κ2) is 10.8. The van der Waals surface area contributed by atoms with Crippen LogP contribution in [0, 0.1) is 0 Å². The number of piperidine rings is 1. The van der Waals surface area contributed by atoms with Gasteiger partial charge in [0.25, 0.3) is 5.91 Å². The standard InChI is InChI=1S/C25H29N5O5S/c31-22-6-5-20(24(33)28-22)30-14-18-19(25(30)34)15-36-21(18)11-27-23(32)12-26-17-3-1-16(2-4-17)13-29-7-9-35-10-8-29/h1-4,15,20,26H,5-14H2,(H,27,32)(H,28,31,33). The van der Waals surface area contributed by atoms with E-state index < -0.39 is 11.9 Å². The van der Waals surface area contributed by atoms with E-state index in [1.54, 1.807) is 5.38 Å². The average molecular weight is 512 g/mol. The van der Waals surface area contributed by atoms with Crippen LogP contribution in [0.3, 0.4) is 0 Å². The number of thiophene rings is 1. The molecule has 0 aliphatic carbocycles. The van der Waals surface area contributed by atoms with Gasteiger partial charge in [-0.15, -0.1) is 11.3 Å². The highest BCUT2D eigenvalue weighted by Crippen LogP contribution is 2.33. The third kappa shape index (κ3) is 5.43. The maximum atomic E-state index is 12.8. The van der Waals surface area contributed by atoms with E-state index in [1.165, 1.54) is 21.8 Å². The van der Waals surface area contributed by atoms with Crippen molar-refractivity contribution in [2.75, 3.05) is 38.2 Å². The minimum atomic E-state index is -0.639. The van der Waals surface area contributed by atoms with Gasteiger partial charge in [-0.3, -0.25) is 29.4 Å². The summed E-state index contributed by atoms with van der Waals surface area (Å²) < 4.78 is 5.39. The number of ether oxygens (including phenoxy) is 1. The second-order valence-electron chi connectivity index (χ2n) is 9.17. The number of hydrogen-bond acceptors (Lipinski definition) is 8. The Bertz CT molecular complexity index is 1160. The summed E-state index contributed by atoms with van der Waals surface area (Å²) in [5, 5.41) is 10.1. The van der Waals surface area contributed by atoms with Gasteiger partial charge < -0.3 is 20.3 Å². The van der Waals surface area contributed by atoms with Crippen molar-refractivity contribution in [2.45, 2.75) is 38.5 Å².